The largest absolute Gasteiger partial charge is 0.360 e. The van der Waals surface area contributed by atoms with E-state index >= 15 is 0 Å². The van der Waals surface area contributed by atoms with Crippen molar-refractivity contribution in [2.24, 2.45) is 0 Å². The van der Waals surface area contributed by atoms with Crippen LogP contribution in [0.4, 0.5) is 0 Å². The van der Waals surface area contributed by atoms with Crippen LogP contribution in [0.3, 0.4) is 0 Å². The number of benzene rings is 1. The van der Waals surface area contributed by atoms with E-state index in [1.165, 1.54) is 49.7 Å². The van der Waals surface area contributed by atoms with Gasteiger partial charge in [0, 0.05) is 6.04 Å². The fourth-order valence-electron chi connectivity index (χ4n) is 3.35. The van der Waals surface area contributed by atoms with Gasteiger partial charge in [-0.15, -0.1) is 0 Å². The molecule has 1 aliphatic rings. The van der Waals surface area contributed by atoms with E-state index in [0.717, 1.165) is 11.5 Å². The standard InChI is InChI=1S/C20H32N2S/c1-4-15(3)16-11-13-17(14-12-16)19(5-2)22-20(23)21-18-9-7-6-8-10-18/h11-15,18-19H,4-10H2,1-3H3,(H2,21,22,23). The quantitative estimate of drug-likeness (QED) is 0.678. The topological polar surface area (TPSA) is 24.1 Å². The number of rotatable bonds is 6. The van der Waals surface area contributed by atoms with Crippen molar-refractivity contribution in [1.82, 2.24) is 10.6 Å². The minimum Gasteiger partial charge on any atom is -0.360 e. The maximum absolute atomic E-state index is 5.54. The van der Waals surface area contributed by atoms with Gasteiger partial charge < -0.3 is 10.6 Å². The van der Waals surface area contributed by atoms with Crippen LogP contribution >= 0.6 is 12.2 Å². The highest BCUT2D eigenvalue weighted by Gasteiger charge is 2.16. The highest BCUT2D eigenvalue weighted by atomic mass is 32.1. The van der Waals surface area contributed by atoms with E-state index in [-0.39, 0.29) is 0 Å². The third kappa shape index (κ3) is 5.49. The van der Waals surface area contributed by atoms with Crippen LogP contribution in [0.2, 0.25) is 0 Å². The van der Waals surface area contributed by atoms with Crippen LogP contribution in [0.1, 0.15) is 88.8 Å². The summed E-state index contributed by atoms with van der Waals surface area (Å²) in [5, 5.41) is 7.84. The lowest BCUT2D eigenvalue weighted by Crippen LogP contribution is -2.43. The van der Waals surface area contributed by atoms with Gasteiger partial charge in [0.2, 0.25) is 0 Å². The molecule has 2 rings (SSSR count). The molecule has 0 amide bonds. The summed E-state index contributed by atoms with van der Waals surface area (Å²) in [4.78, 5) is 0. The average Bonchev–Trinajstić information content (AvgIpc) is 2.60. The predicted molar refractivity (Wildman–Crippen MR) is 104 cm³/mol. The normalized spacial score (nSPS) is 18.2. The maximum atomic E-state index is 5.54. The second kappa shape index (κ2) is 9.27. The van der Waals surface area contributed by atoms with Crippen LogP contribution in [0.5, 0.6) is 0 Å². The zero-order chi connectivity index (χ0) is 16.7. The molecule has 2 N–H and O–H groups in total. The van der Waals surface area contributed by atoms with Crippen molar-refractivity contribution in [3.63, 3.8) is 0 Å². The molecule has 0 radical (unpaired) electrons. The highest BCUT2D eigenvalue weighted by molar-refractivity contribution is 7.80. The summed E-state index contributed by atoms with van der Waals surface area (Å²) in [6.07, 6.45) is 8.76. The molecule has 2 atom stereocenters. The van der Waals surface area contributed by atoms with E-state index in [1.807, 2.05) is 0 Å². The summed E-state index contributed by atoms with van der Waals surface area (Å²) in [6.45, 7) is 6.74. The van der Waals surface area contributed by atoms with Gasteiger partial charge in [-0.25, -0.2) is 0 Å². The summed E-state index contributed by atoms with van der Waals surface area (Å²) in [7, 11) is 0. The Hall–Kier alpha value is -1.09. The Morgan fingerprint density at radius 2 is 1.65 bits per heavy atom. The molecule has 0 saturated heterocycles. The molecule has 1 aromatic carbocycles. The van der Waals surface area contributed by atoms with Gasteiger partial charge in [0.25, 0.3) is 0 Å². The lowest BCUT2D eigenvalue weighted by molar-refractivity contribution is 0.410. The third-order valence-electron chi connectivity index (χ3n) is 5.17. The second-order valence-electron chi connectivity index (χ2n) is 6.89. The van der Waals surface area contributed by atoms with Crippen LogP contribution in [0.25, 0.3) is 0 Å². The lowest BCUT2D eigenvalue weighted by atomic mass is 9.95. The van der Waals surface area contributed by atoms with Crippen molar-refractivity contribution >= 4 is 17.3 Å². The Morgan fingerprint density at radius 1 is 1.04 bits per heavy atom. The van der Waals surface area contributed by atoms with E-state index in [0.29, 0.717) is 18.0 Å². The van der Waals surface area contributed by atoms with Crippen molar-refractivity contribution in [2.75, 3.05) is 0 Å². The SMILES string of the molecule is CCC(C)c1ccc(C(CC)NC(=S)NC2CCCCC2)cc1. The van der Waals surface area contributed by atoms with Gasteiger partial charge in [-0.2, -0.15) is 0 Å². The van der Waals surface area contributed by atoms with Crippen LogP contribution in [0, 0.1) is 0 Å². The number of hydrogen-bond donors (Lipinski definition) is 2. The second-order valence-corrected chi connectivity index (χ2v) is 7.30. The van der Waals surface area contributed by atoms with Gasteiger partial charge in [0.1, 0.15) is 0 Å². The Labute approximate surface area is 147 Å². The van der Waals surface area contributed by atoms with Crippen LogP contribution in [-0.2, 0) is 0 Å². The van der Waals surface area contributed by atoms with Gasteiger partial charge in [0.15, 0.2) is 5.11 Å². The summed E-state index contributed by atoms with van der Waals surface area (Å²) in [5.74, 6) is 0.631. The molecule has 2 nitrogen and oxygen atoms in total. The molecule has 0 aromatic heterocycles. The van der Waals surface area contributed by atoms with Gasteiger partial charge in [-0.05, 0) is 54.9 Å². The van der Waals surface area contributed by atoms with Gasteiger partial charge in [0.05, 0.1) is 6.04 Å². The zero-order valence-corrected chi connectivity index (χ0v) is 15.7. The Kier molecular flexibility index (Phi) is 7.35. The fraction of sp³-hybridized carbons (Fsp3) is 0.650. The van der Waals surface area contributed by atoms with Crippen molar-refractivity contribution in [3.05, 3.63) is 35.4 Å². The summed E-state index contributed by atoms with van der Waals surface area (Å²) in [6, 6.07) is 9.91. The maximum Gasteiger partial charge on any atom is 0.166 e. The van der Waals surface area contributed by atoms with Gasteiger partial charge in [-0.3, -0.25) is 0 Å². The number of hydrogen-bond acceptors (Lipinski definition) is 1. The smallest absolute Gasteiger partial charge is 0.166 e. The third-order valence-corrected chi connectivity index (χ3v) is 5.41. The monoisotopic (exact) mass is 332 g/mol. The molecule has 0 spiro atoms. The van der Waals surface area contributed by atoms with Crippen LogP contribution < -0.4 is 10.6 Å². The minimum absolute atomic E-state index is 0.296. The Morgan fingerprint density at radius 3 is 2.22 bits per heavy atom. The molecule has 23 heavy (non-hydrogen) atoms. The van der Waals surface area contributed by atoms with E-state index in [1.54, 1.807) is 0 Å². The van der Waals surface area contributed by atoms with E-state index in [9.17, 15) is 0 Å². The molecule has 0 aliphatic heterocycles. The molecule has 0 bridgehead atoms. The first kappa shape index (κ1) is 18.3. The molecule has 1 aromatic rings. The van der Waals surface area contributed by atoms with Gasteiger partial charge in [-0.1, -0.05) is 64.3 Å². The molecular formula is C20H32N2S. The van der Waals surface area contributed by atoms with E-state index in [2.05, 4.69) is 55.7 Å². The molecule has 1 saturated carbocycles. The zero-order valence-electron chi connectivity index (χ0n) is 14.9. The highest BCUT2D eigenvalue weighted by Crippen LogP contribution is 2.23. The van der Waals surface area contributed by atoms with Crippen molar-refractivity contribution in [3.8, 4) is 0 Å². The lowest BCUT2D eigenvalue weighted by Gasteiger charge is -2.27. The van der Waals surface area contributed by atoms with Crippen molar-refractivity contribution in [2.45, 2.75) is 83.7 Å². The van der Waals surface area contributed by atoms with Crippen molar-refractivity contribution in [1.29, 1.82) is 0 Å². The molecule has 3 heteroatoms. The molecule has 2 unspecified atom stereocenters. The van der Waals surface area contributed by atoms with E-state index in [4.69, 9.17) is 12.2 Å². The number of thiocarbonyl (C=S) groups is 1. The molecule has 0 heterocycles. The molecular weight excluding hydrogens is 300 g/mol. The first-order valence-electron chi connectivity index (χ1n) is 9.30. The summed E-state index contributed by atoms with van der Waals surface area (Å²) < 4.78 is 0. The van der Waals surface area contributed by atoms with Gasteiger partial charge >= 0.3 is 0 Å². The van der Waals surface area contributed by atoms with Crippen LogP contribution in [-0.4, -0.2) is 11.2 Å². The van der Waals surface area contributed by atoms with Crippen molar-refractivity contribution < 1.29 is 0 Å². The first-order chi connectivity index (χ1) is 11.1. The minimum atomic E-state index is 0.296. The number of nitrogens with one attached hydrogen (secondary N) is 2. The van der Waals surface area contributed by atoms with Crippen LogP contribution in [0.15, 0.2) is 24.3 Å². The summed E-state index contributed by atoms with van der Waals surface area (Å²) in [5.41, 5.74) is 2.75. The molecule has 128 valence electrons. The summed E-state index contributed by atoms with van der Waals surface area (Å²) >= 11 is 5.54. The fourth-order valence-corrected chi connectivity index (χ4v) is 3.65. The van der Waals surface area contributed by atoms with E-state index < -0.39 is 0 Å². The molecule has 1 fully saturated rings. The Bertz CT molecular complexity index is 477. The first-order valence-corrected chi connectivity index (χ1v) is 9.71. The molecule has 1 aliphatic carbocycles. The average molecular weight is 333 g/mol. The predicted octanol–water partition coefficient (Wildman–Crippen LogP) is 5.45. The Balaban J connectivity index is 1.92.